The van der Waals surface area contributed by atoms with Crippen molar-refractivity contribution in [2.24, 2.45) is 0 Å². The van der Waals surface area contributed by atoms with Crippen molar-refractivity contribution < 1.29 is 4.74 Å². The van der Waals surface area contributed by atoms with Gasteiger partial charge in [-0.05, 0) is 36.7 Å². The first-order valence-electron chi connectivity index (χ1n) is 7.60. The van der Waals surface area contributed by atoms with E-state index in [2.05, 4.69) is 30.9 Å². The molecule has 0 saturated carbocycles. The standard InChI is InChI=1S/C17H19N5O.2ClH/c1-4-15(13-18-6-3-10-22-11-9-19-14-22)12-16(5-1)23-17-20-7-2-8-21-17;;/h1-2,4-5,7-9,11-12,14,18H,3,6,10,13H2;2*1H. The Hall–Kier alpha value is -2.15. The van der Waals surface area contributed by atoms with Crippen LogP contribution < -0.4 is 10.1 Å². The summed E-state index contributed by atoms with van der Waals surface area (Å²) in [5, 5.41) is 3.43. The lowest BCUT2D eigenvalue weighted by atomic mass is 10.2. The molecule has 0 fully saturated rings. The summed E-state index contributed by atoms with van der Waals surface area (Å²) in [5.74, 6) is 0.744. The fourth-order valence-corrected chi connectivity index (χ4v) is 2.20. The fourth-order valence-electron chi connectivity index (χ4n) is 2.20. The van der Waals surface area contributed by atoms with Gasteiger partial charge in [0.25, 0.3) is 0 Å². The highest BCUT2D eigenvalue weighted by Gasteiger charge is 2.00. The van der Waals surface area contributed by atoms with E-state index in [4.69, 9.17) is 4.74 Å². The molecule has 0 aliphatic heterocycles. The number of hydrogen-bond acceptors (Lipinski definition) is 5. The molecule has 0 atom stereocenters. The number of nitrogens with one attached hydrogen (secondary N) is 1. The molecular formula is C17H21Cl2N5O. The zero-order valence-electron chi connectivity index (χ0n) is 13.6. The van der Waals surface area contributed by atoms with Crippen molar-refractivity contribution in [3.63, 3.8) is 0 Å². The maximum atomic E-state index is 5.64. The van der Waals surface area contributed by atoms with Crippen molar-refractivity contribution in [1.29, 1.82) is 0 Å². The van der Waals surface area contributed by atoms with Crippen LogP contribution in [0.4, 0.5) is 0 Å². The molecule has 1 N–H and O–H groups in total. The van der Waals surface area contributed by atoms with E-state index in [1.807, 2.05) is 30.7 Å². The second-order valence-electron chi connectivity index (χ2n) is 5.11. The Morgan fingerprint density at radius 1 is 1.04 bits per heavy atom. The molecule has 0 bridgehead atoms. The van der Waals surface area contributed by atoms with Crippen LogP contribution in [0.15, 0.2) is 61.4 Å². The minimum Gasteiger partial charge on any atom is -0.424 e. The van der Waals surface area contributed by atoms with Crippen LogP contribution in [-0.4, -0.2) is 26.1 Å². The lowest BCUT2D eigenvalue weighted by Gasteiger charge is -2.08. The largest absolute Gasteiger partial charge is 0.424 e. The first-order valence-corrected chi connectivity index (χ1v) is 7.60. The number of ether oxygens (including phenoxy) is 1. The predicted molar refractivity (Wildman–Crippen MR) is 102 cm³/mol. The van der Waals surface area contributed by atoms with Gasteiger partial charge in [-0.15, -0.1) is 24.8 Å². The first kappa shape index (κ1) is 20.9. The number of rotatable bonds is 8. The van der Waals surface area contributed by atoms with E-state index in [-0.39, 0.29) is 24.8 Å². The number of aryl methyl sites for hydroxylation is 1. The quantitative estimate of drug-likeness (QED) is 0.605. The smallest absolute Gasteiger partial charge is 0.321 e. The van der Waals surface area contributed by atoms with E-state index >= 15 is 0 Å². The highest BCUT2D eigenvalue weighted by molar-refractivity contribution is 5.85. The topological polar surface area (TPSA) is 64.9 Å². The molecule has 0 amide bonds. The van der Waals surface area contributed by atoms with Gasteiger partial charge in [0.05, 0.1) is 6.33 Å². The van der Waals surface area contributed by atoms with Crippen molar-refractivity contribution in [1.82, 2.24) is 24.8 Å². The normalized spacial score (nSPS) is 9.76. The molecule has 25 heavy (non-hydrogen) atoms. The number of halogens is 2. The molecule has 0 radical (unpaired) electrons. The molecule has 1 aromatic carbocycles. The van der Waals surface area contributed by atoms with Gasteiger partial charge in [-0.2, -0.15) is 0 Å². The van der Waals surface area contributed by atoms with Crippen molar-refractivity contribution in [2.75, 3.05) is 6.54 Å². The van der Waals surface area contributed by atoms with Crippen LogP contribution in [-0.2, 0) is 13.1 Å². The van der Waals surface area contributed by atoms with E-state index in [1.165, 1.54) is 5.56 Å². The maximum absolute atomic E-state index is 5.64. The number of hydrogen-bond donors (Lipinski definition) is 1. The number of nitrogens with zero attached hydrogens (tertiary/aromatic N) is 4. The van der Waals surface area contributed by atoms with Crippen LogP contribution in [0.1, 0.15) is 12.0 Å². The van der Waals surface area contributed by atoms with Gasteiger partial charge >= 0.3 is 6.01 Å². The lowest BCUT2D eigenvalue weighted by Crippen LogP contribution is -2.16. The first-order chi connectivity index (χ1) is 11.4. The zero-order valence-corrected chi connectivity index (χ0v) is 15.2. The summed E-state index contributed by atoms with van der Waals surface area (Å²) in [7, 11) is 0. The third kappa shape index (κ3) is 7.09. The highest BCUT2D eigenvalue weighted by atomic mass is 35.5. The SMILES string of the molecule is Cl.Cl.c1cnc(Oc2cccc(CNCCCn3ccnc3)c2)nc1. The maximum Gasteiger partial charge on any atom is 0.321 e. The zero-order chi connectivity index (χ0) is 15.7. The Balaban J connectivity index is 0.00000156. The van der Waals surface area contributed by atoms with E-state index in [9.17, 15) is 0 Å². The number of imidazole rings is 1. The van der Waals surface area contributed by atoms with Crippen molar-refractivity contribution in [2.45, 2.75) is 19.5 Å². The minimum atomic E-state index is 0. The summed E-state index contributed by atoms with van der Waals surface area (Å²) in [6, 6.07) is 10.1. The summed E-state index contributed by atoms with van der Waals surface area (Å²) in [5.41, 5.74) is 1.17. The lowest BCUT2D eigenvalue weighted by molar-refractivity contribution is 0.441. The van der Waals surface area contributed by atoms with Crippen LogP contribution in [0.2, 0.25) is 0 Å². The molecule has 0 aliphatic rings. The summed E-state index contributed by atoms with van der Waals surface area (Å²) in [6.07, 6.45) is 10.0. The molecule has 0 aliphatic carbocycles. The Bertz CT molecular complexity index is 710. The molecule has 0 spiro atoms. The van der Waals surface area contributed by atoms with Gasteiger partial charge in [0.2, 0.25) is 0 Å². The Kier molecular flexibility index (Phi) is 9.54. The molecule has 134 valence electrons. The van der Waals surface area contributed by atoms with E-state index in [0.29, 0.717) is 6.01 Å². The third-order valence-corrected chi connectivity index (χ3v) is 3.31. The Morgan fingerprint density at radius 3 is 2.64 bits per heavy atom. The molecule has 3 aromatic rings. The second-order valence-corrected chi connectivity index (χ2v) is 5.11. The Morgan fingerprint density at radius 2 is 1.88 bits per heavy atom. The van der Waals surface area contributed by atoms with Crippen LogP contribution in [0.5, 0.6) is 11.8 Å². The van der Waals surface area contributed by atoms with Gasteiger partial charge in [-0.3, -0.25) is 0 Å². The molecule has 2 heterocycles. The summed E-state index contributed by atoms with van der Waals surface area (Å²) in [4.78, 5) is 12.1. The average molecular weight is 382 g/mol. The molecule has 3 rings (SSSR count). The van der Waals surface area contributed by atoms with Gasteiger partial charge in [0.1, 0.15) is 5.75 Å². The monoisotopic (exact) mass is 381 g/mol. The fraction of sp³-hybridized carbons (Fsp3) is 0.235. The van der Waals surface area contributed by atoms with Gasteiger partial charge in [-0.1, -0.05) is 12.1 Å². The summed E-state index contributed by atoms with van der Waals surface area (Å²) in [6.45, 7) is 2.73. The van der Waals surface area contributed by atoms with E-state index in [0.717, 1.165) is 31.8 Å². The minimum absolute atomic E-state index is 0. The van der Waals surface area contributed by atoms with Crippen LogP contribution >= 0.6 is 24.8 Å². The number of aromatic nitrogens is 4. The Labute approximate surface area is 159 Å². The molecular weight excluding hydrogens is 361 g/mol. The van der Waals surface area contributed by atoms with Gasteiger partial charge in [0.15, 0.2) is 0 Å². The molecule has 2 aromatic heterocycles. The summed E-state index contributed by atoms with van der Waals surface area (Å²) >= 11 is 0. The van der Waals surface area contributed by atoms with Crippen LogP contribution in [0.3, 0.4) is 0 Å². The van der Waals surface area contributed by atoms with Gasteiger partial charge in [-0.25, -0.2) is 15.0 Å². The second kappa shape index (κ2) is 11.4. The predicted octanol–water partition coefficient (Wildman–Crippen LogP) is 3.49. The summed E-state index contributed by atoms with van der Waals surface area (Å²) < 4.78 is 7.71. The van der Waals surface area contributed by atoms with Crippen molar-refractivity contribution in [3.8, 4) is 11.8 Å². The molecule has 0 unspecified atom stereocenters. The highest BCUT2D eigenvalue weighted by Crippen LogP contribution is 2.18. The molecule has 6 nitrogen and oxygen atoms in total. The average Bonchev–Trinajstić information content (AvgIpc) is 3.09. The van der Waals surface area contributed by atoms with E-state index < -0.39 is 0 Å². The van der Waals surface area contributed by atoms with Crippen molar-refractivity contribution in [3.05, 3.63) is 67.0 Å². The molecule has 8 heteroatoms. The van der Waals surface area contributed by atoms with Crippen molar-refractivity contribution >= 4 is 24.8 Å². The van der Waals surface area contributed by atoms with E-state index in [1.54, 1.807) is 24.7 Å². The molecule has 0 saturated heterocycles. The van der Waals surface area contributed by atoms with Gasteiger partial charge in [0, 0.05) is 37.9 Å². The van der Waals surface area contributed by atoms with Gasteiger partial charge < -0.3 is 14.6 Å². The number of benzene rings is 1. The van der Waals surface area contributed by atoms with Crippen LogP contribution in [0, 0.1) is 0 Å². The van der Waals surface area contributed by atoms with Crippen LogP contribution in [0.25, 0.3) is 0 Å². The third-order valence-electron chi connectivity index (χ3n) is 3.31.